The minimum Gasteiger partial charge on any atom is -0.376 e. The zero-order valence-electron chi connectivity index (χ0n) is 8.73. The van der Waals surface area contributed by atoms with Gasteiger partial charge in [0.05, 0.1) is 0 Å². The van der Waals surface area contributed by atoms with Crippen molar-refractivity contribution < 1.29 is 19.1 Å². The molecule has 0 aliphatic carbocycles. The summed E-state index contributed by atoms with van der Waals surface area (Å²) in [6.07, 6.45) is -0.136. The van der Waals surface area contributed by atoms with Crippen LogP contribution in [0.2, 0.25) is 0 Å². The number of amides is 3. The van der Waals surface area contributed by atoms with Crippen molar-refractivity contribution >= 4 is 11.9 Å². The van der Waals surface area contributed by atoms with Crippen molar-refractivity contribution in [3.05, 3.63) is 0 Å². The van der Waals surface area contributed by atoms with E-state index in [4.69, 9.17) is 20.9 Å². The number of nitrogens with two attached hydrogens (primary N) is 2. The first-order valence-electron chi connectivity index (χ1n) is 4.45. The average Bonchev–Trinajstić information content (AvgIpc) is 2.56. The number of carbonyl (C=O) groups is 2. The van der Waals surface area contributed by atoms with Crippen molar-refractivity contribution in [3.8, 4) is 0 Å². The highest BCUT2D eigenvalue weighted by Gasteiger charge is 2.56. The molecular weight excluding hydrogens is 202 g/mol. The smallest absolute Gasteiger partial charge is 0.317 e. The molecule has 1 heterocycles. The SMILES string of the molecule is COC1CCN(C(N)=O)C1(OC)C(N)=O. The van der Waals surface area contributed by atoms with Gasteiger partial charge >= 0.3 is 6.03 Å². The van der Waals surface area contributed by atoms with E-state index in [-0.39, 0.29) is 6.54 Å². The number of primary amides is 2. The fourth-order valence-corrected chi connectivity index (χ4v) is 1.97. The summed E-state index contributed by atoms with van der Waals surface area (Å²) in [7, 11) is 2.71. The Morgan fingerprint density at radius 3 is 2.33 bits per heavy atom. The van der Waals surface area contributed by atoms with Gasteiger partial charge in [-0.25, -0.2) is 4.79 Å². The zero-order valence-corrected chi connectivity index (χ0v) is 8.73. The molecule has 2 atom stereocenters. The molecule has 3 amide bonds. The number of likely N-dealkylation sites (tertiary alicyclic amines) is 1. The Balaban J connectivity index is 3.12. The number of hydrogen-bond donors (Lipinski definition) is 2. The topological polar surface area (TPSA) is 108 Å². The van der Waals surface area contributed by atoms with E-state index in [9.17, 15) is 9.59 Å². The summed E-state index contributed by atoms with van der Waals surface area (Å²) < 4.78 is 10.1. The standard InChI is InChI=1S/C8H15N3O4/c1-14-5-3-4-11(7(10)13)8(5,15-2)6(9)12/h5H,3-4H2,1-2H3,(H2,9,12)(H2,10,13). The van der Waals surface area contributed by atoms with Gasteiger partial charge in [0.15, 0.2) is 0 Å². The van der Waals surface area contributed by atoms with Crippen LogP contribution in [0.25, 0.3) is 0 Å². The Morgan fingerprint density at radius 1 is 1.40 bits per heavy atom. The van der Waals surface area contributed by atoms with E-state index in [1.807, 2.05) is 0 Å². The number of hydrogen-bond acceptors (Lipinski definition) is 4. The maximum Gasteiger partial charge on any atom is 0.317 e. The first-order chi connectivity index (χ1) is 7.00. The van der Waals surface area contributed by atoms with Crippen LogP contribution in [-0.2, 0) is 14.3 Å². The van der Waals surface area contributed by atoms with E-state index in [1.54, 1.807) is 0 Å². The Kier molecular flexibility index (Phi) is 3.15. The molecule has 0 aromatic carbocycles. The van der Waals surface area contributed by atoms with Crippen LogP contribution in [0.4, 0.5) is 4.79 Å². The lowest BCUT2D eigenvalue weighted by molar-refractivity contribution is -0.177. The number of ether oxygens (including phenoxy) is 2. The first kappa shape index (κ1) is 11.7. The summed E-state index contributed by atoms with van der Waals surface area (Å²) in [6.45, 7) is 0.282. The minimum atomic E-state index is -1.58. The molecule has 1 aliphatic rings. The fraction of sp³-hybridized carbons (Fsp3) is 0.750. The van der Waals surface area contributed by atoms with Crippen LogP contribution in [0, 0.1) is 0 Å². The molecule has 7 heteroatoms. The molecule has 4 N–H and O–H groups in total. The third-order valence-electron chi connectivity index (χ3n) is 2.67. The van der Waals surface area contributed by atoms with Crippen LogP contribution in [0.3, 0.4) is 0 Å². The van der Waals surface area contributed by atoms with Crippen molar-refractivity contribution in [1.82, 2.24) is 4.90 Å². The summed E-state index contributed by atoms with van der Waals surface area (Å²) in [5, 5.41) is 0. The molecule has 7 nitrogen and oxygen atoms in total. The molecule has 0 aromatic heterocycles. The predicted molar refractivity (Wildman–Crippen MR) is 50.6 cm³/mol. The maximum atomic E-state index is 11.4. The van der Waals surface area contributed by atoms with Gasteiger partial charge in [-0.2, -0.15) is 0 Å². The van der Waals surface area contributed by atoms with E-state index in [0.29, 0.717) is 6.42 Å². The Morgan fingerprint density at radius 2 is 2.00 bits per heavy atom. The van der Waals surface area contributed by atoms with Crippen LogP contribution in [0.1, 0.15) is 6.42 Å². The van der Waals surface area contributed by atoms with Crippen LogP contribution in [0.15, 0.2) is 0 Å². The van der Waals surface area contributed by atoms with E-state index < -0.39 is 23.8 Å². The monoisotopic (exact) mass is 217 g/mol. The minimum absolute atomic E-state index is 0.282. The lowest BCUT2D eigenvalue weighted by Gasteiger charge is -2.36. The molecule has 0 spiro atoms. The van der Waals surface area contributed by atoms with Crippen molar-refractivity contribution in [2.75, 3.05) is 20.8 Å². The van der Waals surface area contributed by atoms with Crippen LogP contribution >= 0.6 is 0 Å². The van der Waals surface area contributed by atoms with Gasteiger partial charge in [-0.05, 0) is 6.42 Å². The predicted octanol–water partition coefficient (Wildman–Crippen LogP) is -1.39. The highest BCUT2D eigenvalue weighted by Crippen LogP contribution is 2.31. The summed E-state index contributed by atoms with van der Waals surface area (Å²) in [5.41, 5.74) is 8.81. The van der Waals surface area contributed by atoms with Crippen LogP contribution in [0.5, 0.6) is 0 Å². The molecule has 0 bridgehead atoms. The molecular formula is C8H15N3O4. The quantitative estimate of drug-likeness (QED) is 0.606. The van der Waals surface area contributed by atoms with E-state index in [1.165, 1.54) is 14.2 Å². The molecule has 1 fully saturated rings. The number of methoxy groups -OCH3 is 2. The van der Waals surface area contributed by atoms with E-state index in [2.05, 4.69) is 0 Å². The summed E-state index contributed by atoms with van der Waals surface area (Å²) in [4.78, 5) is 23.6. The van der Waals surface area contributed by atoms with Gasteiger partial charge in [0.1, 0.15) is 6.10 Å². The van der Waals surface area contributed by atoms with E-state index in [0.717, 1.165) is 4.90 Å². The molecule has 86 valence electrons. The Bertz CT molecular complexity index is 283. The molecule has 1 saturated heterocycles. The first-order valence-corrected chi connectivity index (χ1v) is 4.45. The Labute approximate surface area is 87.3 Å². The van der Waals surface area contributed by atoms with Crippen LogP contribution < -0.4 is 11.5 Å². The van der Waals surface area contributed by atoms with Gasteiger partial charge < -0.3 is 20.9 Å². The average molecular weight is 217 g/mol. The van der Waals surface area contributed by atoms with Gasteiger partial charge in [-0.3, -0.25) is 9.69 Å². The maximum absolute atomic E-state index is 11.4. The fourth-order valence-electron chi connectivity index (χ4n) is 1.97. The number of rotatable bonds is 3. The van der Waals surface area contributed by atoms with Gasteiger partial charge in [0.25, 0.3) is 11.6 Å². The number of carbonyl (C=O) groups excluding carboxylic acids is 2. The number of nitrogens with zero attached hydrogens (tertiary/aromatic N) is 1. The van der Waals surface area contributed by atoms with Gasteiger partial charge in [-0.15, -0.1) is 0 Å². The molecule has 0 radical (unpaired) electrons. The summed E-state index contributed by atoms with van der Waals surface area (Å²) in [6, 6.07) is -0.754. The normalized spacial score (nSPS) is 30.5. The molecule has 1 aliphatic heterocycles. The Hall–Kier alpha value is -1.34. The summed E-state index contributed by atoms with van der Waals surface area (Å²) >= 11 is 0. The van der Waals surface area contributed by atoms with Crippen molar-refractivity contribution in [2.45, 2.75) is 18.2 Å². The molecule has 0 aromatic rings. The lowest BCUT2D eigenvalue weighted by Crippen LogP contribution is -2.63. The number of urea groups is 1. The third kappa shape index (κ3) is 1.53. The molecule has 15 heavy (non-hydrogen) atoms. The largest absolute Gasteiger partial charge is 0.376 e. The van der Waals surface area contributed by atoms with Crippen molar-refractivity contribution in [2.24, 2.45) is 11.5 Å². The zero-order chi connectivity index (χ0) is 11.6. The second-order valence-corrected chi connectivity index (χ2v) is 3.27. The van der Waals surface area contributed by atoms with Crippen molar-refractivity contribution in [3.63, 3.8) is 0 Å². The second kappa shape index (κ2) is 4.03. The van der Waals surface area contributed by atoms with E-state index >= 15 is 0 Å². The van der Waals surface area contributed by atoms with Crippen LogP contribution in [-0.4, -0.2) is 49.4 Å². The molecule has 2 unspecified atom stereocenters. The lowest BCUT2D eigenvalue weighted by atomic mass is 10.1. The molecule has 0 saturated carbocycles. The second-order valence-electron chi connectivity index (χ2n) is 3.27. The van der Waals surface area contributed by atoms with Gasteiger partial charge in [0, 0.05) is 20.8 Å². The highest BCUT2D eigenvalue weighted by atomic mass is 16.6. The van der Waals surface area contributed by atoms with Gasteiger partial charge in [-0.1, -0.05) is 0 Å². The van der Waals surface area contributed by atoms with Gasteiger partial charge in [0.2, 0.25) is 0 Å². The molecule has 1 rings (SSSR count). The highest BCUT2D eigenvalue weighted by molar-refractivity contribution is 5.89. The van der Waals surface area contributed by atoms with Crippen molar-refractivity contribution in [1.29, 1.82) is 0 Å². The third-order valence-corrected chi connectivity index (χ3v) is 2.67. The summed E-state index contributed by atoms with van der Waals surface area (Å²) in [5.74, 6) is -0.784.